The number of benzene rings is 1. The van der Waals surface area contributed by atoms with Gasteiger partial charge in [0.15, 0.2) is 0 Å². The summed E-state index contributed by atoms with van der Waals surface area (Å²) in [5.74, 6) is -0.837. The lowest BCUT2D eigenvalue weighted by molar-refractivity contribution is -0.137. The predicted molar refractivity (Wildman–Crippen MR) is 97.6 cm³/mol. The number of anilines is 1. The second kappa shape index (κ2) is 7.08. The van der Waals surface area contributed by atoms with Gasteiger partial charge in [-0.3, -0.25) is 4.79 Å². The van der Waals surface area contributed by atoms with Gasteiger partial charge in [0.25, 0.3) is 5.91 Å². The summed E-state index contributed by atoms with van der Waals surface area (Å²) in [6.45, 7) is 5.00. The van der Waals surface area contributed by atoms with E-state index in [1.165, 1.54) is 11.0 Å². The molecule has 0 aliphatic carbocycles. The van der Waals surface area contributed by atoms with E-state index in [-0.39, 0.29) is 24.7 Å². The number of fused-ring (bicyclic) bond motifs is 1. The molecule has 158 valence electrons. The van der Waals surface area contributed by atoms with E-state index in [4.69, 9.17) is 16.3 Å². The van der Waals surface area contributed by atoms with Crippen molar-refractivity contribution in [2.75, 3.05) is 24.5 Å². The maximum Gasteiger partial charge on any atom is 0.418 e. The number of carbonyl (C=O) groups is 3. The minimum absolute atomic E-state index is 0.0000756. The average Bonchev–Trinajstić information content (AvgIpc) is 2.83. The van der Waals surface area contributed by atoms with Gasteiger partial charge in [0.05, 0.1) is 17.8 Å². The minimum Gasteiger partial charge on any atom is -0.444 e. The van der Waals surface area contributed by atoms with Crippen LogP contribution in [0.1, 0.15) is 26.3 Å². The van der Waals surface area contributed by atoms with Gasteiger partial charge in [-0.15, -0.1) is 0 Å². The van der Waals surface area contributed by atoms with Gasteiger partial charge in [-0.25, -0.2) is 14.5 Å². The van der Waals surface area contributed by atoms with Crippen LogP contribution >= 0.6 is 11.6 Å². The summed E-state index contributed by atoms with van der Waals surface area (Å²) < 4.78 is 45.6. The third-order valence-electron chi connectivity index (χ3n) is 4.48. The zero-order valence-electron chi connectivity index (χ0n) is 15.9. The molecular formula is C18H19ClF3N3O4. The second-order valence-corrected chi connectivity index (χ2v) is 8.19. The number of hydrogen-bond acceptors (Lipinski definition) is 4. The van der Waals surface area contributed by atoms with E-state index in [9.17, 15) is 27.6 Å². The monoisotopic (exact) mass is 433 g/mol. The van der Waals surface area contributed by atoms with E-state index < -0.39 is 47.1 Å². The number of rotatable bonds is 1. The zero-order chi connectivity index (χ0) is 21.7. The van der Waals surface area contributed by atoms with Gasteiger partial charge in [0.1, 0.15) is 11.6 Å². The van der Waals surface area contributed by atoms with Gasteiger partial charge >= 0.3 is 18.3 Å². The van der Waals surface area contributed by atoms with Crippen LogP contribution in [0.25, 0.3) is 0 Å². The van der Waals surface area contributed by atoms with Crippen molar-refractivity contribution in [3.05, 3.63) is 28.8 Å². The topological polar surface area (TPSA) is 70.2 Å². The Morgan fingerprint density at radius 3 is 2.41 bits per heavy atom. The Kier molecular flexibility index (Phi) is 5.18. The van der Waals surface area contributed by atoms with Crippen LogP contribution in [0.3, 0.4) is 0 Å². The van der Waals surface area contributed by atoms with Gasteiger partial charge in [-0.05, 0) is 39.0 Å². The predicted octanol–water partition coefficient (Wildman–Crippen LogP) is 3.75. The molecule has 2 saturated heterocycles. The molecule has 0 aromatic heterocycles. The molecule has 1 atom stereocenters. The molecule has 2 heterocycles. The fourth-order valence-corrected chi connectivity index (χ4v) is 3.41. The van der Waals surface area contributed by atoms with Crippen molar-refractivity contribution < 1.29 is 32.3 Å². The van der Waals surface area contributed by atoms with Crippen molar-refractivity contribution in [3.63, 3.8) is 0 Å². The first kappa shape index (κ1) is 21.2. The molecule has 7 nitrogen and oxygen atoms in total. The summed E-state index contributed by atoms with van der Waals surface area (Å²) in [6.07, 6.45) is -5.47. The molecule has 1 unspecified atom stereocenters. The number of halogens is 4. The number of ether oxygens (including phenoxy) is 1. The van der Waals surface area contributed by atoms with Crippen molar-refractivity contribution in [3.8, 4) is 0 Å². The van der Waals surface area contributed by atoms with Crippen molar-refractivity contribution in [2.45, 2.75) is 38.6 Å². The molecule has 1 aromatic carbocycles. The Bertz CT molecular complexity index is 869. The number of carbonyl (C=O) groups excluding carboxylic acids is 3. The van der Waals surface area contributed by atoms with Gasteiger partial charge in [-0.1, -0.05) is 11.6 Å². The number of nitrogens with zero attached hydrogens (tertiary/aromatic N) is 3. The third kappa shape index (κ3) is 4.12. The Balaban J connectivity index is 1.89. The van der Waals surface area contributed by atoms with E-state index in [1.807, 2.05) is 0 Å². The molecule has 0 bridgehead atoms. The van der Waals surface area contributed by atoms with Crippen molar-refractivity contribution >= 4 is 35.3 Å². The SMILES string of the molecule is CC(C)(C)OC(=O)N1CCN2C(=O)N(c3ccc(Cl)cc3C(F)(F)F)C(=O)C2C1. The molecule has 29 heavy (non-hydrogen) atoms. The highest BCUT2D eigenvalue weighted by molar-refractivity contribution is 6.31. The standard InChI is InChI=1S/C18H19ClF3N3O4/c1-17(2,3)29-16(28)23-6-7-24-13(9-23)14(26)25(15(24)27)12-5-4-10(19)8-11(12)18(20,21)22/h4-5,8,13H,6-7,9H2,1-3H3. The van der Waals surface area contributed by atoms with Gasteiger partial charge in [-0.2, -0.15) is 13.2 Å². The summed E-state index contributed by atoms with van der Waals surface area (Å²) in [6, 6.07) is 0.890. The molecule has 4 amide bonds. The molecule has 2 aliphatic heterocycles. The van der Waals surface area contributed by atoms with Crippen LogP contribution in [0.4, 0.5) is 28.4 Å². The number of hydrogen-bond donors (Lipinski definition) is 0. The van der Waals surface area contributed by atoms with Gasteiger partial charge in [0.2, 0.25) is 0 Å². The first-order valence-electron chi connectivity index (χ1n) is 8.79. The van der Waals surface area contributed by atoms with Gasteiger partial charge < -0.3 is 14.5 Å². The lowest BCUT2D eigenvalue weighted by Crippen LogP contribution is -2.55. The molecule has 2 fully saturated rings. The third-order valence-corrected chi connectivity index (χ3v) is 4.71. The van der Waals surface area contributed by atoms with E-state index in [1.54, 1.807) is 20.8 Å². The van der Waals surface area contributed by atoms with Gasteiger partial charge in [0, 0.05) is 18.1 Å². The highest BCUT2D eigenvalue weighted by Gasteiger charge is 2.51. The number of piperazine rings is 1. The van der Waals surface area contributed by atoms with Crippen LogP contribution in [0.5, 0.6) is 0 Å². The molecule has 11 heteroatoms. The quantitative estimate of drug-likeness (QED) is 0.632. The highest BCUT2D eigenvalue weighted by Crippen LogP contribution is 2.40. The molecule has 0 radical (unpaired) electrons. The Hall–Kier alpha value is -2.49. The van der Waals surface area contributed by atoms with Crippen LogP contribution in [0.15, 0.2) is 18.2 Å². The lowest BCUT2D eigenvalue weighted by Gasteiger charge is -2.36. The normalized spacial score (nSPS) is 20.2. The van der Waals surface area contributed by atoms with E-state index in [2.05, 4.69) is 0 Å². The zero-order valence-corrected chi connectivity index (χ0v) is 16.7. The summed E-state index contributed by atoms with van der Waals surface area (Å²) >= 11 is 5.67. The van der Waals surface area contributed by atoms with E-state index in [0.717, 1.165) is 11.0 Å². The number of imide groups is 1. The van der Waals surface area contributed by atoms with Crippen LogP contribution in [-0.4, -0.2) is 59.1 Å². The Morgan fingerprint density at radius 2 is 1.83 bits per heavy atom. The molecule has 2 aliphatic rings. The summed E-state index contributed by atoms with van der Waals surface area (Å²) in [5, 5.41) is -0.172. The first-order chi connectivity index (χ1) is 13.3. The smallest absolute Gasteiger partial charge is 0.418 e. The van der Waals surface area contributed by atoms with Crippen molar-refractivity contribution in [1.29, 1.82) is 0 Å². The Labute approximate surface area is 169 Å². The fourth-order valence-electron chi connectivity index (χ4n) is 3.24. The summed E-state index contributed by atoms with van der Waals surface area (Å²) in [4.78, 5) is 40.8. The fraction of sp³-hybridized carbons (Fsp3) is 0.500. The largest absolute Gasteiger partial charge is 0.444 e. The maximum absolute atomic E-state index is 13.4. The second-order valence-electron chi connectivity index (χ2n) is 7.75. The number of amides is 4. The molecular weight excluding hydrogens is 415 g/mol. The minimum atomic E-state index is -4.81. The Morgan fingerprint density at radius 1 is 1.17 bits per heavy atom. The molecule has 0 spiro atoms. The lowest BCUT2D eigenvalue weighted by atomic mass is 10.1. The van der Waals surface area contributed by atoms with Crippen LogP contribution in [0, 0.1) is 0 Å². The number of alkyl halides is 3. The molecule has 0 saturated carbocycles. The van der Waals surface area contributed by atoms with Crippen molar-refractivity contribution in [2.24, 2.45) is 0 Å². The van der Waals surface area contributed by atoms with Crippen molar-refractivity contribution in [1.82, 2.24) is 9.80 Å². The van der Waals surface area contributed by atoms with E-state index in [0.29, 0.717) is 11.0 Å². The number of urea groups is 1. The van der Waals surface area contributed by atoms with Crippen LogP contribution in [-0.2, 0) is 15.7 Å². The van der Waals surface area contributed by atoms with Crippen LogP contribution in [0.2, 0.25) is 5.02 Å². The summed E-state index contributed by atoms with van der Waals surface area (Å²) in [5.41, 5.74) is -2.52. The average molecular weight is 434 g/mol. The van der Waals surface area contributed by atoms with Crippen LogP contribution < -0.4 is 4.90 Å². The van der Waals surface area contributed by atoms with E-state index >= 15 is 0 Å². The first-order valence-corrected chi connectivity index (χ1v) is 9.16. The maximum atomic E-state index is 13.4. The summed E-state index contributed by atoms with van der Waals surface area (Å²) in [7, 11) is 0. The molecule has 3 rings (SSSR count). The molecule has 0 N–H and O–H groups in total. The molecule has 1 aromatic rings. The highest BCUT2D eigenvalue weighted by atomic mass is 35.5.